The topological polar surface area (TPSA) is 0 Å². The van der Waals surface area contributed by atoms with Gasteiger partial charge in [-0.05, 0) is 58.2 Å². The first kappa shape index (κ1) is 17.9. The molecule has 0 radical (unpaired) electrons. The van der Waals surface area contributed by atoms with E-state index in [1.165, 1.54) is 5.56 Å². The number of hydrogen-bond acceptors (Lipinski definition) is 0. The Balaban J connectivity index is 1.71. The highest BCUT2D eigenvalue weighted by Gasteiger charge is 2.26. The molecule has 138 valence electrons. The van der Waals surface area contributed by atoms with Gasteiger partial charge in [0, 0.05) is 5.56 Å². The van der Waals surface area contributed by atoms with E-state index in [-0.39, 0.29) is 0 Å². The van der Waals surface area contributed by atoms with Crippen molar-refractivity contribution in [2.45, 2.75) is 46.0 Å². The van der Waals surface area contributed by atoms with Gasteiger partial charge in [-0.25, -0.2) is 8.78 Å². The monoisotopic (exact) mass is 362 g/mol. The lowest BCUT2D eigenvalue weighted by molar-refractivity contribution is 0.500. The normalized spacial score (nSPS) is 12.1. The third-order valence-electron chi connectivity index (χ3n) is 5.46. The highest BCUT2D eigenvalue weighted by atomic mass is 19.2. The molecule has 1 aliphatic rings. The Labute approximate surface area is 159 Å². The van der Waals surface area contributed by atoms with E-state index in [1.54, 1.807) is 0 Å². The van der Waals surface area contributed by atoms with Crippen molar-refractivity contribution in [1.29, 1.82) is 0 Å². The number of halogens is 2. The summed E-state index contributed by atoms with van der Waals surface area (Å²) in [7, 11) is 0. The molecular formula is C25H24F2. The predicted octanol–water partition coefficient (Wildman–Crippen LogP) is 7.11. The van der Waals surface area contributed by atoms with Crippen LogP contribution in [0.3, 0.4) is 0 Å². The highest BCUT2D eigenvalue weighted by molar-refractivity contribution is 5.81. The average Bonchev–Trinajstić information content (AvgIpc) is 3.04. The van der Waals surface area contributed by atoms with E-state index >= 15 is 0 Å². The van der Waals surface area contributed by atoms with Gasteiger partial charge in [0.2, 0.25) is 0 Å². The molecule has 0 aliphatic heterocycles. The van der Waals surface area contributed by atoms with Crippen molar-refractivity contribution in [3.8, 4) is 22.3 Å². The lowest BCUT2D eigenvalue weighted by atomic mass is 9.97. The summed E-state index contributed by atoms with van der Waals surface area (Å²) in [6.45, 7) is 4.16. The first-order valence-corrected chi connectivity index (χ1v) is 9.84. The molecule has 0 aromatic heterocycles. The average molecular weight is 362 g/mol. The van der Waals surface area contributed by atoms with E-state index in [0.717, 1.165) is 47.1 Å². The van der Waals surface area contributed by atoms with Crippen molar-refractivity contribution in [2.75, 3.05) is 0 Å². The molecule has 27 heavy (non-hydrogen) atoms. The fourth-order valence-electron chi connectivity index (χ4n) is 4.14. The van der Waals surface area contributed by atoms with Crippen LogP contribution >= 0.6 is 0 Å². The summed E-state index contributed by atoms with van der Waals surface area (Å²) in [5, 5.41) is 0. The molecule has 0 saturated heterocycles. The Hall–Kier alpha value is -2.48. The van der Waals surface area contributed by atoms with E-state index in [1.807, 2.05) is 25.1 Å². The Bertz CT molecular complexity index is 984. The predicted molar refractivity (Wildman–Crippen MR) is 108 cm³/mol. The summed E-state index contributed by atoms with van der Waals surface area (Å²) >= 11 is 0. The summed E-state index contributed by atoms with van der Waals surface area (Å²) < 4.78 is 29.1. The number of hydrogen-bond donors (Lipinski definition) is 0. The first-order chi connectivity index (χ1) is 13.1. The van der Waals surface area contributed by atoms with Gasteiger partial charge in [0.15, 0.2) is 11.6 Å². The van der Waals surface area contributed by atoms with Crippen LogP contribution in [0.5, 0.6) is 0 Å². The maximum Gasteiger partial charge on any atom is 0.167 e. The van der Waals surface area contributed by atoms with Gasteiger partial charge in [-0.15, -0.1) is 0 Å². The van der Waals surface area contributed by atoms with E-state index in [0.29, 0.717) is 24.0 Å². The SMILES string of the molecule is CCCc1ccc(-c2ccc3c(c2)Cc2cc(CCC)c(F)c(F)c2-3)cc1. The Kier molecular flexibility index (Phi) is 4.82. The van der Waals surface area contributed by atoms with E-state index in [4.69, 9.17) is 0 Å². The second-order valence-corrected chi connectivity index (χ2v) is 7.44. The molecule has 0 nitrogen and oxygen atoms in total. The molecular weight excluding hydrogens is 338 g/mol. The minimum atomic E-state index is -0.689. The Morgan fingerprint density at radius 3 is 2.15 bits per heavy atom. The van der Waals surface area contributed by atoms with Gasteiger partial charge >= 0.3 is 0 Å². The highest BCUT2D eigenvalue weighted by Crippen LogP contribution is 2.42. The standard InChI is InChI=1S/C25H24F2/c1-3-5-16-7-9-17(10-8-16)18-11-12-22-20(13-18)15-21-14-19(6-4-2)24(26)25(27)23(21)22/h7-14H,3-6,15H2,1-2H3. The molecule has 0 spiro atoms. The zero-order valence-electron chi connectivity index (χ0n) is 15.9. The summed E-state index contributed by atoms with van der Waals surface area (Å²) in [5.41, 5.74) is 7.38. The van der Waals surface area contributed by atoms with Gasteiger partial charge in [-0.2, -0.15) is 0 Å². The molecule has 4 rings (SSSR count). The van der Waals surface area contributed by atoms with Gasteiger partial charge in [-0.3, -0.25) is 0 Å². The number of rotatable bonds is 5. The van der Waals surface area contributed by atoms with Gasteiger partial charge in [0.1, 0.15) is 0 Å². The van der Waals surface area contributed by atoms with Gasteiger partial charge in [0.25, 0.3) is 0 Å². The number of fused-ring (bicyclic) bond motifs is 3. The summed E-state index contributed by atoms with van der Waals surface area (Å²) in [6.07, 6.45) is 4.27. The minimum Gasteiger partial charge on any atom is -0.203 e. The summed E-state index contributed by atoms with van der Waals surface area (Å²) in [4.78, 5) is 0. The van der Waals surface area contributed by atoms with Gasteiger partial charge < -0.3 is 0 Å². The molecule has 3 aromatic rings. The third-order valence-corrected chi connectivity index (χ3v) is 5.46. The Morgan fingerprint density at radius 2 is 1.44 bits per heavy atom. The molecule has 0 amide bonds. The largest absolute Gasteiger partial charge is 0.203 e. The molecule has 0 N–H and O–H groups in total. The van der Waals surface area contributed by atoms with Gasteiger partial charge in [-0.1, -0.05) is 75.2 Å². The van der Waals surface area contributed by atoms with E-state index in [2.05, 4.69) is 37.3 Å². The van der Waals surface area contributed by atoms with Crippen LogP contribution < -0.4 is 0 Å². The van der Waals surface area contributed by atoms with Crippen LogP contribution in [0.4, 0.5) is 8.78 Å². The molecule has 0 fully saturated rings. The fourth-order valence-corrected chi connectivity index (χ4v) is 4.14. The molecule has 2 heteroatoms. The lowest BCUT2D eigenvalue weighted by Crippen LogP contribution is -1.98. The van der Waals surface area contributed by atoms with Gasteiger partial charge in [0.05, 0.1) is 0 Å². The molecule has 3 aromatic carbocycles. The van der Waals surface area contributed by atoms with Crippen LogP contribution in [-0.2, 0) is 19.3 Å². The van der Waals surface area contributed by atoms with E-state index in [9.17, 15) is 8.78 Å². The van der Waals surface area contributed by atoms with Crippen LogP contribution in [0.15, 0.2) is 48.5 Å². The first-order valence-electron chi connectivity index (χ1n) is 9.84. The molecule has 0 heterocycles. The summed E-state index contributed by atoms with van der Waals surface area (Å²) in [6, 6.07) is 16.6. The van der Waals surface area contributed by atoms with Crippen molar-refractivity contribution >= 4 is 0 Å². The van der Waals surface area contributed by atoms with Crippen LogP contribution in [0.2, 0.25) is 0 Å². The molecule has 0 atom stereocenters. The molecule has 1 aliphatic carbocycles. The van der Waals surface area contributed by atoms with Crippen molar-refractivity contribution in [2.24, 2.45) is 0 Å². The minimum absolute atomic E-state index is 0.451. The maximum absolute atomic E-state index is 14.7. The zero-order chi connectivity index (χ0) is 19.0. The molecule has 0 bridgehead atoms. The van der Waals surface area contributed by atoms with Crippen LogP contribution in [0, 0.1) is 11.6 Å². The van der Waals surface area contributed by atoms with Crippen LogP contribution in [0.1, 0.15) is 48.9 Å². The second kappa shape index (κ2) is 7.26. The smallest absolute Gasteiger partial charge is 0.167 e. The zero-order valence-corrected chi connectivity index (χ0v) is 15.9. The third kappa shape index (κ3) is 3.18. The van der Waals surface area contributed by atoms with Crippen molar-refractivity contribution < 1.29 is 8.78 Å². The number of aryl methyl sites for hydroxylation is 2. The second-order valence-electron chi connectivity index (χ2n) is 7.44. The molecule has 0 saturated carbocycles. The van der Waals surface area contributed by atoms with E-state index < -0.39 is 11.6 Å². The lowest BCUT2D eigenvalue weighted by Gasteiger charge is -2.09. The molecule has 0 unspecified atom stereocenters. The van der Waals surface area contributed by atoms with Crippen molar-refractivity contribution in [3.63, 3.8) is 0 Å². The quantitative estimate of drug-likeness (QED) is 0.355. The van der Waals surface area contributed by atoms with Crippen molar-refractivity contribution in [1.82, 2.24) is 0 Å². The maximum atomic E-state index is 14.7. The van der Waals surface area contributed by atoms with Crippen molar-refractivity contribution in [3.05, 3.63) is 82.4 Å². The van der Waals surface area contributed by atoms with Crippen LogP contribution in [0.25, 0.3) is 22.3 Å². The fraction of sp³-hybridized carbons (Fsp3) is 0.280. The number of benzene rings is 3. The van der Waals surface area contributed by atoms with Crippen LogP contribution in [-0.4, -0.2) is 0 Å². The summed E-state index contributed by atoms with van der Waals surface area (Å²) in [5.74, 6) is -1.37. The Morgan fingerprint density at radius 1 is 0.741 bits per heavy atom.